The Kier molecular flexibility index (Phi) is 9.80. The largest absolute Gasteiger partial charge is 0.300 e. The van der Waals surface area contributed by atoms with Crippen LogP contribution < -0.4 is 0 Å². The lowest BCUT2D eigenvalue weighted by Gasteiger charge is -2.38. The molecule has 0 saturated carbocycles. The van der Waals surface area contributed by atoms with E-state index in [1.807, 2.05) is 0 Å². The van der Waals surface area contributed by atoms with Crippen LogP contribution in [-0.2, 0) is 0 Å². The topological polar surface area (TPSA) is 3.24 Å². The van der Waals surface area contributed by atoms with Gasteiger partial charge in [0.15, 0.2) is 0 Å². The zero-order valence-corrected chi connectivity index (χ0v) is 15.6. The third kappa shape index (κ3) is 5.76. The predicted molar refractivity (Wildman–Crippen MR) is 93.3 cm³/mol. The van der Waals surface area contributed by atoms with Crippen molar-refractivity contribution >= 4 is 0 Å². The van der Waals surface area contributed by atoms with Crippen molar-refractivity contribution in [2.24, 2.45) is 11.3 Å². The maximum Gasteiger partial charge on any atom is 0.00949 e. The van der Waals surface area contributed by atoms with Gasteiger partial charge in [0.05, 0.1) is 0 Å². The van der Waals surface area contributed by atoms with Gasteiger partial charge in [-0.15, -0.1) is 0 Å². The number of rotatable bonds is 11. The Balaban J connectivity index is 4.58. The molecule has 0 amide bonds. The molecule has 20 heavy (non-hydrogen) atoms. The van der Waals surface area contributed by atoms with E-state index < -0.39 is 0 Å². The van der Waals surface area contributed by atoms with Crippen LogP contribution in [-0.4, -0.2) is 24.0 Å². The van der Waals surface area contributed by atoms with E-state index >= 15 is 0 Å². The molecule has 0 aromatic heterocycles. The van der Waals surface area contributed by atoms with Gasteiger partial charge in [-0.1, -0.05) is 60.8 Å². The fourth-order valence-electron chi connectivity index (χ4n) is 3.45. The molecular formula is C19H41N. The van der Waals surface area contributed by atoms with Gasteiger partial charge >= 0.3 is 0 Å². The van der Waals surface area contributed by atoms with Gasteiger partial charge in [0.2, 0.25) is 0 Å². The fourth-order valence-corrected chi connectivity index (χ4v) is 3.45. The monoisotopic (exact) mass is 283 g/mol. The van der Waals surface area contributed by atoms with E-state index in [1.54, 1.807) is 0 Å². The maximum absolute atomic E-state index is 2.64. The van der Waals surface area contributed by atoms with Crippen molar-refractivity contribution in [3.05, 3.63) is 0 Å². The number of hydrogen-bond acceptors (Lipinski definition) is 1. The van der Waals surface area contributed by atoms with Gasteiger partial charge in [-0.3, -0.25) is 0 Å². The minimum absolute atomic E-state index is 0.556. The normalized spacial score (nSPS) is 15.9. The molecule has 0 N–H and O–H groups in total. The second-order valence-corrected chi connectivity index (χ2v) is 7.10. The highest BCUT2D eigenvalue weighted by Crippen LogP contribution is 2.34. The zero-order chi connectivity index (χ0) is 15.8. The van der Waals surface area contributed by atoms with Crippen LogP contribution in [0.5, 0.6) is 0 Å². The first kappa shape index (κ1) is 20.0. The third-order valence-corrected chi connectivity index (χ3v) is 6.19. The van der Waals surface area contributed by atoms with E-state index in [-0.39, 0.29) is 0 Å². The van der Waals surface area contributed by atoms with E-state index in [4.69, 9.17) is 0 Å². The van der Waals surface area contributed by atoms with Crippen molar-refractivity contribution in [2.45, 2.75) is 105 Å². The Morgan fingerprint density at radius 1 is 0.900 bits per heavy atom. The molecule has 1 heteroatoms. The highest BCUT2D eigenvalue weighted by Gasteiger charge is 2.26. The zero-order valence-electron chi connectivity index (χ0n) is 15.6. The predicted octanol–water partition coefficient (Wildman–Crippen LogP) is 6.13. The average Bonchev–Trinajstić information content (AvgIpc) is 2.48. The lowest BCUT2D eigenvalue weighted by molar-refractivity contribution is 0.110. The average molecular weight is 284 g/mol. The highest BCUT2D eigenvalue weighted by molar-refractivity contribution is 4.80. The summed E-state index contributed by atoms with van der Waals surface area (Å²) in [6.07, 6.45) is 9.27. The van der Waals surface area contributed by atoms with Crippen LogP contribution in [0.3, 0.4) is 0 Å². The smallest absolute Gasteiger partial charge is 0.00949 e. The van der Waals surface area contributed by atoms with Crippen molar-refractivity contribution < 1.29 is 0 Å². The van der Waals surface area contributed by atoms with Gasteiger partial charge in [0.25, 0.3) is 0 Å². The summed E-state index contributed by atoms with van der Waals surface area (Å²) < 4.78 is 0. The van der Waals surface area contributed by atoms with Crippen LogP contribution in [0.4, 0.5) is 0 Å². The van der Waals surface area contributed by atoms with E-state index in [2.05, 4.69) is 60.4 Å². The molecule has 0 aliphatic heterocycles. The minimum atomic E-state index is 0.556. The first-order valence-corrected chi connectivity index (χ1v) is 9.10. The molecule has 0 aromatic rings. The first-order chi connectivity index (χ1) is 9.38. The number of hydrogen-bond donors (Lipinski definition) is 0. The van der Waals surface area contributed by atoms with Gasteiger partial charge in [0.1, 0.15) is 0 Å². The maximum atomic E-state index is 2.64. The molecule has 0 aliphatic carbocycles. The van der Waals surface area contributed by atoms with Crippen molar-refractivity contribution in [3.63, 3.8) is 0 Å². The molecule has 0 heterocycles. The molecule has 122 valence electrons. The van der Waals surface area contributed by atoms with Crippen molar-refractivity contribution in [1.82, 2.24) is 4.90 Å². The van der Waals surface area contributed by atoms with E-state index in [0.29, 0.717) is 11.5 Å². The second-order valence-electron chi connectivity index (χ2n) is 7.10. The van der Waals surface area contributed by atoms with Crippen molar-refractivity contribution in [1.29, 1.82) is 0 Å². The summed E-state index contributed by atoms with van der Waals surface area (Å²) in [4.78, 5) is 2.64. The molecule has 1 nitrogen and oxygen atoms in total. The summed E-state index contributed by atoms with van der Waals surface area (Å²) in [7, 11) is 2.34. The van der Waals surface area contributed by atoms with Gasteiger partial charge in [0, 0.05) is 12.1 Å². The molecule has 0 aromatic carbocycles. The SMILES string of the molecule is CCC(CCC(C)(CC)CC)C(C)N(C)C(CC)CC. The Morgan fingerprint density at radius 2 is 1.40 bits per heavy atom. The molecule has 0 rings (SSSR count). The van der Waals surface area contributed by atoms with Gasteiger partial charge in [-0.2, -0.15) is 0 Å². The van der Waals surface area contributed by atoms with E-state index in [1.165, 1.54) is 44.9 Å². The lowest BCUT2D eigenvalue weighted by atomic mass is 9.77. The van der Waals surface area contributed by atoms with Crippen LogP contribution in [0.25, 0.3) is 0 Å². The van der Waals surface area contributed by atoms with Crippen LogP contribution in [0.1, 0.15) is 93.4 Å². The Bertz CT molecular complexity index is 228. The summed E-state index contributed by atoms with van der Waals surface area (Å²) in [5.41, 5.74) is 0.556. The van der Waals surface area contributed by atoms with Crippen molar-refractivity contribution in [2.75, 3.05) is 7.05 Å². The highest BCUT2D eigenvalue weighted by atomic mass is 15.2. The van der Waals surface area contributed by atoms with E-state index in [0.717, 1.165) is 12.0 Å². The lowest BCUT2D eigenvalue weighted by Crippen LogP contribution is -2.42. The quantitative estimate of drug-likeness (QED) is 0.441. The molecular weight excluding hydrogens is 242 g/mol. The minimum Gasteiger partial charge on any atom is -0.300 e. The van der Waals surface area contributed by atoms with Gasteiger partial charge in [-0.25, -0.2) is 0 Å². The van der Waals surface area contributed by atoms with Crippen LogP contribution in [0.15, 0.2) is 0 Å². The summed E-state index contributed by atoms with van der Waals surface area (Å²) in [5, 5.41) is 0. The summed E-state index contributed by atoms with van der Waals surface area (Å²) >= 11 is 0. The van der Waals surface area contributed by atoms with Crippen LogP contribution in [0.2, 0.25) is 0 Å². The second kappa shape index (κ2) is 9.82. The molecule has 0 fully saturated rings. The Hall–Kier alpha value is -0.0400. The Morgan fingerprint density at radius 3 is 1.75 bits per heavy atom. The summed E-state index contributed by atoms with van der Waals surface area (Å²) in [6.45, 7) is 16.6. The van der Waals surface area contributed by atoms with Gasteiger partial charge < -0.3 is 4.90 Å². The fraction of sp³-hybridized carbons (Fsp3) is 1.00. The van der Waals surface area contributed by atoms with E-state index in [9.17, 15) is 0 Å². The summed E-state index contributed by atoms with van der Waals surface area (Å²) in [6, 6.07) is 1.46. The first-order valence-electron chi connectivity index (χ1n) is 9.10. The molecule has 0 spiro atoms. The standard InChI is InChI=1S/C19H41N/c1-9-17(14-15-19(7,12-4)13-5)16(6)20(8)18(10-2)11-3/h16-18H,9-15H2,1-8H3. The van der Waals surface area contributed by atoms with Crippen LogP contribution >= 0.6 is 0 Å². The number of nitrogens with zero attached hydrogens (tertiary/aromatic N) is 1. The molecule has 0 bridgehead atoms. The molecule has 0 saturated heterocycles. The van der Waals surface area contributed by atoms with Gasteiger partial charge in [-0.05, 0) is 51.0 Å². The molecule has 0 radical (unpaired) electrons. The third-order valence-electron chi connectivity index (χ3n) is 6.19. The van der Waals surface area contributed by atoms with Crippen LogP contribution in [0, 0.1) is 11.3 Å². The Labute approximate surface area is 129 Å². The summed E-state index contributed by atoms with van der Waals surface area (Å²) in [5.74, 6) is 0.845. The molecule has 2 unspecified atom stereocenters. The molecule has 0 aliphatic rings. The van der Waals surface area contributed by atoms with Crippen molar-refractivity contribution in [3.8, 4) is 0 Å². The molecule has 2 atom stereocenters.